The van der Waals surface area contributed by atoms with Crippen molar-refractivity contribution in [1.82, 2.24) is 15.2 Å². The maximum absolute atomic E-state index is 5.46. The number of hydrogen-bond donors (Lipinski definition) is 1. The van der Waals surface area contributed by atoms with Crippen LogP contribution in [0.1, 0.15) is 15.4 Å². The number of methoxy groups -OCH3 is 2. The lowest BCUT2D eigenvalue weighted by atomic mass is 10.2. The van der Waals surface area contributed by atoms with Crippen molar-refractivity contribution < 1.29 is 9.47 Å². The van der Waals surface area contributed by atoms with Crippen molar-refractivity contribution in [2.24, 2.45) is 4.99 Å². The Morgan fingerprint density at radius 1 is 1.33 bits per heavy atom. The summed E-state index contributed by atoms with van der Waals surface area (Å²) in [6.07, 6.45) is 1.89. The lowest BCUT2D eigenvalue weighted by molar-refractivity contribution is 0.382. The van der Waals surface area contributed by atoms with Gasteiger partial charge in [-0.2, -0.15) is 0 Å². The molecular weight excluding hydrogens is 324 g/mol. The minimum absolute atomic E-state index is 0.662. The van der Waals surface area contributed by atoms with Crippen molar-refractivity contribution in [1.29, 1.82) is 0 Å². The summed E-state index contributed by atoms with van der Waals surface area (Å²) in [5, 5.41) is 4.38. The van der Waals surface area contributed by atoms with Crippen LogP contribution in [0.4, 0.5) is 0 Å². The molecule has 0 saturated carbocycles. The quantitative estimate of drug-likeness (QED) is 0.642. The van der Waals surface area contributed by atoms with E-state index in [1.54, 1.807) is 32.6 Å². The molecule has 24 heavy (non-hydrogen) atoms. The third-order valence-electron chi connectivity index (χ3n) is 3.54. The second-order valence-corrected chi connectivity index (χ2v) is 6.62. The van der Waals surface area contributed by atoms with Crippen LogP contribution in [0.15, 0.2) is 29.4 Å². The number of hydrogen-bond acceptors (Lipinski definition) is 5. The molecule has 0 radical (unpaired) electrons. The molecule has 2 aromatic rings. The van der Waals surface area contributed by atoms with E-state index in [9.17, 15) is 0 Å². The summed E-state index contributed by atoms with van der Waals surface area (Å²) in [6.45, 7) is 3.39. The van der Waals surface area contributed by atoms with E-state index in [-0.39, 0.29) is 0 Å². The molecule has 130 valence electrons. The summed E-state index contributed by atoms with van der Waals surface area (Å²) in [6, 6.07) is 5.82. The first-order chi connectivity index (χ1) is 11.6. The largest absolute Gasteiger partial charge is 0.497 e. The van der Waals surface area contributed by atoms with Crippen LogP contribution in [-0.2, 0) is 13.1 Å². The van der Waals surface area contributed by atoms with Crippen LogP contribution in [-0.4, -0.2) is 44.2 Å². The Bertz CT molecular complexity index is 700. The second kappa shape index (κ2) is 8.54. The molecule has 6 nitrogen and oxygen atoms in total. The van der Waals surface area contributed by atoms with Crippen molar-refractivity contribution in [3.8, 4) is 11.5 Å². The van der Waals surface area contributed by atoms with Gasteiger partial charge in [0.05, 0.1) is 20.8 Å². The molecule has 1 aromatic carbocycles. The molecule has 1 N–H and O–H groups in total. The van der Waals surface area contributed by atoms with Crippen molar-refractivity contribution in [3.63, 3.8) is 0 Å². The molecule has 1 aromatic heterocycles. The summed E-state index contributed by atoms with van der Waals surface area (Å²) in [5.41, 5.74) is 1.06. The number of thiazole rings is 1. The van der Waals surface area contributed by atoms with Gasteiger partial charge in [0.1, 0.15) is 16.5 Å². The summed E-state index contributed by atoms with van der Waals surface area (Å²) in [5.74, 6) is 2.38. The van der Waals surface area contributed by atoms with Crippen LogP contribution in [0.3, 0.4) is 0 Å². The average Bonchev–Trinajstić information content (AvgIpc) is 3.01. The average molecular weight is 348 g/mol. The lowest BCUT2D eigenvalue weighted by Gasteiger charge is -2.23. The van der Waals surface area contributed by atoms with Gasteiger partial charge in [-0.1, -0.05) is 0 Å². The number of aliphatic imine (C=N–C) groups is 1. The topological polar surface area (TPSA) is 59.0 Å². The van der Waals surface area contributed by atoms with E-state index < -0.39 is 0 Å². The number of aromatic nitrogens is 1. The van der Waals surface area contributed by atoms with Gasteiger partial charge in [0.25, 0.3) is 0 Å². The molecule has 0 unspecified atom stereocenters. The van der Waals surface area contributed by atoms with E-state index in [1.807, 2.05) is 36.3 Å². The van der Waals surface area contributed by atoms with Gasteiger partial charge in [-0.05, 0) is 19.1 Å². The van der Waals surface area contributed by atoms with Gasteiger partial charge in [0, 0.05) is 43.3 Å². The van der Waals surface area contributed by atoms with Gasteiger partial charge < -0.3 is 19.7 Å². The van der Waals surface area contributed by atoms with E-state index in [2.05, 4.69) is 22.2 Å². The van der Waals surface area contributed by atoms with Crippen molar-refractivity contribution in [2.75, 3.05) is 28.3 Å². The molecule has 0 spiro atoms. The fraction of sp³-hybridized carbons (Fsp3) is 0.412. The summed E-state index contributed by atoms with van der Waals surface area (Å²) >= 11 is 1.69. The fourth-order valence-corrected chi connectivity index (χ4v) is 3.06. The number of nitrogens with one attached hydrogen (secondary N) is 1. The Balaban J connectivity index is 2.02. The molecule has 0 saturated heterocycles. The molecule has 0 fully saturated rings. The number of ether oxygens (including phenoxy) is 2. The third kappa shape index (κ3) is 4.61. The Morgan fingerprint density at radius 3 is 2.71 bits per heavy atom. The zero-order valence-corrected chi connectivity index (χ0v) is 15.6. The molecule has 1 heterocycles. The minimum atomic E-state index is 0.662. The van der Waals surface area contributed by atoms with Crippen molar-refractivity contribution >= 4 is 17.3 Å². The standard InChI is InChI=1S/C17H24N4O2S/c1-12-9-19-16(24-12)10-20-17(18-2)21(3)11-13-6-7-14(22-4)8-15(13)23-5/h6-9H,10-11H2,1-5H3,(H,18,20). The molecule has 0 amide bonds. The zero-order valence-electron chi connectivity index (χ0n) is 14.8. The van der Waals surface area contributed by atoms with E-state index in [0.29, 0.717) is 13.1 Å². The molecule has 0 aliphatic carbocycles. The number of benzene rings is 1. The maximum atomic E-state index is 5.46. The normalized spacial score (nSPS) is 11.3. The second-order valence-electron chi connectivity index (χ2n) is 5.30. The first-order valence-electron chi connectivity index (χ1n) is 7.61. The molecule has 0 aliphatic rings. The van der Waals surface area contributed by atoms with E-state index in [1.165, 1.54) is 4.88 Å². The molecule has 0 atom stereocenters. The predicted molar refractivity (Wildman–Crippen MR) is 98.1 cm³/mol. The van der Waals surface area contributed by atoms with Gasteiger partial charge in [-0.25, -0.2) is 4.98 Å². The summed E-state index contributed by atoms with van der Waals surface area (Å²) < 4.78 is 10.7. The van der Waals surface area contributed by atoms with E-state index in [0.717, 1.165) is 28.0 Å². The molecular formula is C17H24N4O2S. The monoisotopic (exact) mass is 348 g/mol. The molecule has 7 heteroatoms. The highest BCUT2D eigenvalue weighted by Crippen LogP contribution is 2.25. The summed E-state index contributed by atoms with van der Waals surface area (Å²) in [4.78, 5) is 12.0. The number of rotatable bonds is 6. The highest BCUT2D eigenvalue weighted by Gasteiger charge is 2.11. The van der Waals surface area contributed by atoms with Gasteiger partial charge in [0.2, 0.25) is 0 Å². The van der Waals surface area contributed by atoms with Crippen LogP contribution >= 0.6 is 11.3 Å². The van der Waals surface area contributed by atoms with Crippen molar-refractivity contribution in [3.05, 3.63) is 39.8 Å². The van der Waals surface area contributed by atoms with Crippen LogP contribution < -0.4 is 14.8 Å². The summed E-state index contributed by atoms with van der Waals surface area (Å²) in [7, 11) is 7.08. The highest BCUT2D eigenvalue weighted by molar-refractivity contribution is 7.11. The van der Waals surface area contributed by atoms with Gasteiger partial charge in [-0.3, -0.25) is 4.99 Å². The number of guanidine groups is 1. The van der Waals surface area contributed by atoms with Crippen LogP contribution in [0.2, 0.25) is 0 Å². The zero-order chi connectivity index (χ0) is 17.5. The van der Waals surface area contributed by atoms with Crippen LogP contribution in [0.25, 0.3) is 0 Å². The Labute approximate surface area is 147 Å². The Morgan fingerprint density at radius 2 is 2.12 bits per heavy atom. The maximum Gasteiger partial charge on any atom is 0.194 e. The minimum Gasteiger partial charge on any atom is -0.497 e. The first-order valence-corrected chi connectivity index (χ1v) is 8.43. The fourth-order valence-electron chi connectivity index (χ4n) is 2.34. The van der Waals surface area contributed by atoms with Crippen LogP contribution in [0.5, 0.6) is 11.5 Å². The third-order valence-corrected chi connectivity index (χ3v) is 4.45. The number of nitrogens with zero attached hydrogens (tertiary/aromatic N) is 3. The SMILES string of the molecule is CN=C(NCc1ncc(C)s1)N(C)Cc1ccc(OC)cc1OC. The van der Waals surface area contributed by atoms with E-state index >= 15 is 0 Å². The van der Waals surface area contributed by atoms with Crippen molar-refractivity contribution in [2.45, 2.75) is 20.0 Å². The van der Waals surface area contributed by atoms with Gasteiger partial charge in [0.15, 0.2) is 5.96 Å². The Hall–Kier alpha value is -2.28. The Kier molecular flexibility index (Phi) is 6.43. The number of aryl methyl sites for hydroxylation is 1. The lowest BCUT2D eigenvalue weighted by Crippen LogP contribution is -2.38. The predicted octanol–water partition coefficient (Wildman–Crippen LogP) is 2.68. The van der Waals surface area contributed by atoms with Crippen LogP contribution in [0, 0.1) is 6.92 Å². The van der Waals surface area contributed by atoms with Gasteiger partial charge in [-0.15, -0.1) is 11.3 Å². The van der Waals surface area contributed by atoms with Gasteiger partial charge >= 0.3 is 0 Å². The highest BCUT2D eigenvalue weighted by atomic mass is 32.1. The molecule has 0 bridgehead atoms. The molecule has 0 aliphatic heterocycles. The first kappa shape index (κ1) is 18.1. The molecule has 2 rings (SSSR count). The smallest absolute Gasteiger partial charge is 0.194 e. The van der Waals surface area contributed by atoms with E-state index in [4.69, 9.17) is 9.47 Å².